The molecule has 1 aromatic rings. The van der Waals surface area contributed by atoms with E-state index in [-0.39, 0.29) is 0 Å². The van der Waals surface area contributed by atoms with Crippen LogP contribution < -0.4 is 0 Å². The molecule has 0 aliphatic rings. The smallest absolute Gasteiger partial charge is 0.222 e. The predicted molar refractivity (Wildman–Crippen MR) is 71.0 cm³/mol. The van der Waals surface area contributed by atoms with Crippen LogP contribution in [0.25, 0.3) is 6.08 Å². The molecule has 0 unspecified atom stereocenters. The molecule has 1 rings (SSSR count). The normalized spacial score (nSPS) is 11.4. The van der Waals surface area contributed by atoms with Crippen molar-refractivity contribution in [2.75, 3.05) is 6.61 Å². The first-order valence-electron chi connectivity index (χ1n) is 6.03. The van der Waals surface area contributed by atoms with E-state index in [0.29, 0.717) is 17.8 Å². The van der Waals surface area contributed by atoms with Gasteiger partial charge in [0.15, 0.2) is 0 Å². The molecule has 0 amide bonds. The van der Waals surface area contributed by atoms with Gasteiger partial charge in [0.25, 0.3) is 0 Å². The van der Waals surface area contributed by atoms with Crippen molar-refractivity contribution < 1.29 is 4.74 Å². The Labute approximate surface area is 108 Å². The number of ether oxygens (including phenoxy) is 1. The number of halogens is 1. The second-order valence-corrected chi connectivity index (χ2v) is 4.09. The lowest BCUT2D eigenvalue weighted by molar-refractivity contribution is 0.272. The highest BCUT2D eigenvalue weighted by molar-refractivity contribution is 6.28. The molecule has 0 fully saturated rings. The first kappa shape index (κ1) is 14.0. The predicted octanol–water partition coefficient (Wildman–Crippen LogP) is 4.04. The quantitative estimate of drug-likeness (QED) is 0.568. The van der Waals surface area contributed by atoms with Gasteiger partial charge in [-0.15, -0.1) is 0 Å². The fourth-order valence-electron chi connectivity index (χ4n) is 1.73. The first-order chi connectivity index (χ1) is 8.22. The average molecular weight is 255 g/mol. The third-order valence-electron chi connectivity index (χ3n) is 2.70. The van der Waals surface area contributed by atoms with Gasteiger partial charge in [0, 0.05) is 17.7 Å². The highest BCUT2D eigenvalue weighted by Crippen LogP contribution is 2.25. The molecule has 0 atom stereocenters. The van der Waals surface area contributed by atoms with E-state index >= 15 is 0 Å². The number of hydrogen-bond donors (Lipinski definition) is 0. The minimum absolute atomic E-state index is 0.306. The van der Waals surface area contributed by atoms with Gasteiger partial charge in [-0.2, -0.15) is 0 Å². The monoisotopic (exact) mass is 254 g/mol. The average Bonchev–Trinajstić information content (AvgIpc) is 2.33. The molecule has 94 valence electrons. The first-order valence-corrected chi connectivity index (χ1v) is 6.41. The molecule has 0 aliphatic carbocycles. The van der Waals surface area contributed by atoms with Gasteiger partial charge in [0.2, 0.25) is 5.28 Å². The Kier molecular flexibility index (Phi) is 5.98. The topological polar surface area (TPSA) is 35.0 Å². The highest BCUT2D eigenvalue weighted by atomic mass is 35.5. The summed E-state index contributed by atoms with van der Waals surface area (Å²) in [5.41, 5.74) is 1.99. The summed E-state index contributed by atoms with van der Waals surface area (Å²) in [5, 5.41) is 0.306. The lowest BCUT2D eigenvalue weighted by Crippen LogP contribution is -2.03. The van der Waals surface area contributed by atoms with Gasteiger partial charge in [-0.05, 0) is 37.4 Å². The molecule has 1 aromatic heterocycles. The summed E-state index contributed by atoms with van der Waals surface area (Å²) >= 11 is 5.86. The van der Waals surface area contributed by atoms with E-state index < -0.39 is 0 Å². The van der Waals surface area contributed by atoms with Crippen LogP contribution in [-0.2, 0) is 4.74 Å². The van der Waals surface area contributed by atoms with Crippen molar-refractivity contribution in [3.05, 3.63) is 29.0 Å². The van der Waals surface area contributed by atoms with Crippen LogP contribution in [0, 0.1) is 0 Å². The standard InChI is InChI=1S/C13H19ClN2O/c1-4-10(5-2)12-11(7-8-17-6-3)9-15-13(14)16-12/h7-10H,4-6H2,1-3H3. The molecule has 0 aromatic carbocycles. The van der Waals surface area contributed by atoms with Crippen molar-refractivity contribution in [1.82, 2.24) is 9.97 Å². The Balaban J connectivity index is 3.02. The molecule has 0 bridgehead atoms. The molecular weight excluding hydrogens is 236 g/mol. The summed E-state index contributed by atoms with van der Waals surface area (Å²) in [7, 11) is 0. The zero-order valence-corrected chi connectivity index (χ0v) is 11.4. The van der Waals surface area contributed by atoms with E-state index in [1.54, 1.807) is 12.5 Å². The van der Waals surface area contributed by atoms with Gasteiger partial charge in [0.1, 0.15) is 0 Å². The summed E-state index contributed by atoms with van der Waals surface area (Å²) < 4.78 is 5.20. The van der Waals surface area contributed by atoms with Crippen molar-refractivity contribution in [3.8, 4) is 0 Å². The second-order valence-electron chi connectivity index (χ2n) is 3.75. The summed E-state index contributed by atoms with van der Waals surface area (Å²) in [6.07, 6.45) is 7.41. The minimum Gasteiger partial charge on any atom is -0.501 e. The molecule has 1 heterocycles. The van der Waals surface area contributed by atoms with Crippen molar-refractivity contribution in [2.24, 2.45) is 0 Å². The molecular formula is C13H19ClN2O. The number of rotatable bonds is 6. The van der Waals surface area contributed by atoms with Gasteiger partial charge in [-0.1, -0.05) is 13.8 Å². The van der Waals surface area contributed by atoms with E-state index in [0.717, 1.165) is 24.1 Å². The summed E-state index contributed by atoms with van der Waals surface area (Å²) in [4.78, 5) is 8.36. The molecule has 0 radical (unpaired) electrons. The molecule has 3 nitrogen and oxygen atoms in total. The zero-order valence-electron chi connectivity index (χ0n) is 10.6. The molecule has 0 saturated heterocycles. The molecule has 4 heteroatoms. The molecule has 0 aliphatic heterocycles. The van der Waals surface area contributed by atoms with E-state index in [9.17, 15) is 0 Å². The Bertz CT molecular complexity index is 376. The lowest BCUT2D eigenvalue weighted by atomic mass is 9.96. The molecule has 0 spiro atoms. The SMILES string of the molecule is CCOC=Cc1cnc(Cl)nc1C(CC)CC. The lowest BCUT2D eigenvalue weighted by Gasteiger charge is -2.14. The third-order valence-corrected chi connectivity index (χ3v) is 2.88. The molecule has 0 N–H and O–H groups in total. The minimum atomic E-state index is 0.306. The van der Waals surface area contributed by atoms with Crippen LogP contribution >= 0.6 is 11.6 Å². The molecule has 17 heavy (non-hydrogen) atoms. The maximum absolute atomic E-state index is 5.86. The van der Waals surface area contributed by atoms with Gasteiger partial charge < -0.3 is 4.74 Å². The van der Waals surface area contributed by atoms with E-state index in [2.05, 4.69) is 23.8 Å². The van der Waals surface area contributed by atoms with Crippen LogP contribution in [0.2, 0.25) is 5.28 Å². The van der Waals surface area contributed by atoms with Crippen molar-refractivity contribution in [3.63, 3.8) is 0 Å². The van der Waals surface area contributed by atoms with Crippen molar-refractivity contribution in [2.45, 2.75) is 39.5 Å². The number of nitrogens with zero attached hydrogens (tertiary/aromatic N) is 2. The van der Waals surface area contributed by atoms with E-state index in [1.807, 2.05) is 13.0 Å². The van der Waals surface area contributed by atoms with Crippen LogP contribution in [-0.4, -0.2) is 16.6 Å². The summed E-state index contributed by atoms with van der Waals surface area (Å²) in [5.74, 6) is 0.414. The number of aromatic nitrogens is 2. The van der Waals surface area contributed by atoms with E-state index in [1.165, 1.54) is 0 Å². The van der Waals surface area contributed by atoms with Crippen molar-refractivity contribution in [1.29, 1.82) is 0 Å². The van der Waals surface area contributed by atoms with Gasteiger partial charge in [-0.3, -0.25) is 0 Å². The Morgan fingerprint density at radius 1 is 1.35 bits per heavy atom. The Morgan fingerprint density at radius 2 is 2.06 bits per heavy atom. The summed E-state index contributed by atoms with van der Waals surface area (Å²) in [6, 6.07) is 0. The van der Waals surface area contributed by atoms with Crippen molar-refractivity contribution >= 4 is 17.7 Å². The highest BCUT2D eigenvalue weighted by Gasteiger charge is 2.13. The van der Waals surface area contributed by atoms with Gasteiger partial charge in [-0.25, -0.2) is 9.97 Å². The Morgan fingerprint density at radius 3 is 2.65 bits per heavy atom. The second kappa shape index (κ2) is 7.28. The van der Waals surface area contributed by atoms with Crippen LogP contribution in [0.4, 0.5) is 0 Å². The largest absolute Gasteiger partial charge is 0.501 e. The summed E-state index contributed by atoms with van der Waals surface area (Å²) in [6.45, 7) is 6.91. The van der Waals surface area contributed by atoms with Gasteiger partial charge in [0.05, 0.1) is 18.6 Å². The molecule has 0 saturated carbocycles. The zero-order chi connectivity index (χ0) is 12.7. The fourth-order valence-corrected chi connectivity index (χ4v) is 1.87. The van der Waals surface area contributed by atoms with Crippen LogP contribution in [0.15, 0.2) is 12.5 Å². The maximum Gasteiger partial charge on any atom is 0.222 e. The maximum atomic E-state index is 5.86. The number of hydrogen-bond acceptors (Lipinski definition) is 3. The van der Waals surface area contributed by atoms with Crippen LogP contribution in [0.1, 0.15) is 50.8 Å². The third kappa shape index (κ3) is 4.00. The van der Waals surface area contributed by atoms with Crippen LogP contribution in [0.5, 0.6) is 0 Å². The Hall–Kier alpha value is -1.09. The van der Waals surface area contributed by atoms with E-state index in [4.69, 9.17) is 16.3 Å². The fraction of sp³-hybridized carbons (Fsp3) is 0.538. The van der Waals surface area contributed by atoms with Crippen LogP contribution in [0.3, 0.4) is 0 Å². The van der Waals surface area contributed by atoms with Gasteiger partial charge >= 0.3 is 0 Å².